The molecule has 0 saturated carbocycles. The molecule has 1 amide bonds. The summed E-state index contributed by atoms with van der Waals surface area (Å²) in [5.41, 5.74) is 2.74. The molecule has 208 valence electrons. The van der Waals surface area contributed by atoms with Crippen molar-refractivity contribution in [1.29, 1.82) is 0 Å². The average molecular weight is 561 g/mol. The van der Waals surface area contributed by atoms with Gasteiger partial charge in [0, 0.05) is 18.7 Å². The minimum atomic E-state index is -4.80. The first kappa shape index (κ1) is 27.5. The summed E-state index contributed by atoms with van der Waals surface area (Å²) in [6, 6.07) is 13.8. The number of thiazole rings is 1. The summed E-state index contributed by atoms with van der Waals surface area (Å²) in [4.78, 5) is 20.2. The van der Waals surface area contributed by atoms with Crippen molar-refractivity contribution in [3.05, 3.63) is 71.4 Å². The van der Waals surface area contributed by atoms with Gasteiger partial charge in [-0.25, -0.2) is 4.79 Å². The molecule has 2 aliphatic rings. The van der Waals surface area contributed by atoms with Crippen LogP contribution in [0.5, 0.6) is 5.75 Å². The normalized spacial score (nSPS) is 23.7. The summed E-state index contributed by atoms with van der Waals surface area (Å²) in [7, 11) is 0. The zero-order chi connectivity index (χ0) is 27.8. The van der Waals surface area contributed by atoms with E-state index in [1.165, 1.54) is 23.5 Å². The van der Waals surface area contributed by atoms with E-state index in [-0.39, 0.29) is 11.7 Å². The van der Waals surface area contributed by atoms with Crippen LogP contribution in [-0.2, 0) is 9.47 Å². The minimum Gasteiger partial charge on any atom is -0.444 e. The summed E-state index contributed by atoms with van der Waals surface area (Å²) < 4.78 is 55.9. The lowest BCUT2D eigenvalue weighted by Crippen LogP contribution is -2.53. The molecule has 10 heteroatoms. The molecular formula is C29H31F3N2O4S. The lowest BCUT2D eigenvalue weighted by atomic mass is 9.75. The highest BCUT2D eigenvalue weighted by atomic mass is 32.1. The van der Waals surface area contributed by atoms with E-state index in [9.17, 15) is 18.0 Å². The number of hydrogen-bond donors (Lipinski definition) is 0. The van der Waals surface area contributed by atoms with Crippen LogP contribution < -0.4 is 4.74 Å². The Morgan fingerprint density at radius 1 is 1.15 bits per heavy atom. The molecule has 3 atom stereocenters. The number of ether oxygens (including phenoxy) is 3. The van der Waals surface area contributed by atoms with Crippen LogP contribution in [0.1, 0.15) is 63.1 Å². The van der Waals surface area contributed by atoms with Gasteiger partial charge < -0.3 is 14.2 Å². The molecule has 3 aromatic rings. The second-order valence-electron chi connectivity index (χ2n) is 11.0. The Bertz CT molecular complexity index is 1290. The molecular weight excluding hydrogens is 529 g/mol. The van der Waals surface area contributed by atoms with Crippen molar-refractivity contribution in [3.8, 4) is 16.2 Å². The second kappa shape index (κ2) is 10.5. The maximum absolute atomic E-state index is 13.4. The number of carbonyl (C=O) groups excluding carboxylic acids is 1. The molecule has 5 rings (SSSR count). The average Bonchev–Trinajstić information content (AvgIpc) is 3.53. The fourth-order valence-electron chi connectivity index (χ4n) is 5.75. The highest BCUT2D eigenvalue weighted by Gasteiger charge is 2.53. The number of aromatic nitrogens is 1. The number of likely N-dealkylation sites (tertiary alicyclic amines) is 1. The Labute approximate surface area is 229 Å². The number of carbonyl (C=O) groups is 1. The number of hydrogen-bond acceptors (Lipinski definition) is 6. The van der Waals surface area contributed by atoms with E-state index < -0.39 is 29.7 Å². The maximum Gasteiger partial charge on any atom is 0.573 e. The quantitative estimate of drug-likeness (QED) is 0.327. The first-order chi connectivity index (χ1) is 18.4. The first-order valence-electron chi connectivity index (χ1n) is 12.9. The molecule has 6 nitrogen and oxygen atoms in total. The van der Waals surface area contributed by atoms with Crippen LogP contribution in [-0.4, -0.2) is 46.7 Å². The van der Waals surface area contributed by atoms with E-state index in [0.29, 0.717) is 38.0 Å². The molecule has 1 spiro atoms. The lowest BCUT2D eigenvalue weighted by molar-refractivity contribution is -0.274. The number of amides is 1. The Morgan fingerprint density at radius 2 is 1.92 bits per heavy atom. The van der Waals surface area contributed by atoms with Crippen molar-refractivity contribution in [2.75, 3.05) is 13.2 Å². The van der Waals surface area contributed by atoms with E-state index in [2.05, 4.69) is 9.72 Å². The monoisotopic (exact) mass is 560 g/mol. The summed E-state index contributed by atoms with van der Waals surface area (Å²) in [5, 5.41) is 0. The summed E-state index contributed by atoms with van der Waals surface area (Å²) >= 11 is 1.42. The lowest BCUT2D eigenvalue weighted by Gasteiger charge is -2.47. The van der Waals surface area contributed by atoms with Crippen molar-refractivity contribution in [2.45, 2.75) is 69.6 Å². The van der Waals surface area contributed by atoms with Crippen molar-refractivity contribution < 1.29 is 32.2 Å². The zero-order valence-electron chi connectivity index (χ0n) is 22.0. The van der Waals surface area contributed by atoms with Gasteiger partial charge >= 0.3 is 12.5 Å². The van der Waals surface area contributed by atoms with Crippen LogP contribution >= 0.6 is 11.3 Å². The third kappa shape index (κ3) is 6.06. The van der Waals surface area contributed by atoms with Crippen molar-refractivity contribution >= 4 is 17.4 Å². The third-order valence-corrected chi connectivity index (χ3v) is 7.92. The number of halogens is 3. The van der Waals surface area contributed by atoms with E-state index in [1.807, 2.05) is 51.1 Å². The molecule has 0 radical (unpaired) electrons. The highest BCUT2D eigenvalue weighted by Crippen LogP contribution is 2.53. The Morgan fingerprint density at radius 3 is 2.59 bits per heavy atom. The van der Waals surface area contributed by atoms with Gasteiger partial charge in [0.25, 0.3) is 0 Å². The number of rotatable bonds is 4. The van der Waals surface area contributed by atoms with Gasteiger partial charge in [0.15, 0.2) is 0 Å². The fourth-order valence-corrected chi connectivity index (χ4v) is 6.42. The predicted molar refractivity (Wildman–Crippen MR) is 142 cm³/mol. The molecule has 0 N–H and O–H groups in total. The minimum absolute atomic E-state index is 0.219. The van der Waals surface area contributed by atoms with E-state index in [0.717, 1.165) is 16.0 Å². The molecule has 0 bridgehead atoms. The van der Waals surface area contributed by atoms with Gasteiger partial charge in [0.1, 0.15) is 11.4 Å². The van der Waals surface area contributed by atoms with Gasteiger partial charge in [-0.1, -0.05) is 30.3 Å². The molecule has 2 saturated heterocycles. The van der Waals surface area contributed by atoms with Crippen molar-refractivity contribution in [2.24, 2.45) is 0 Å². The number of alkyl halides is 3. The SMILES string of the molecule is CC(C)(C)OC(=O)N1CCC[C@@]2(C[C@@H](c3cc(OC(F)(F)F)ccc3-c3cncs3)CO2)[C@@H]1c1ccccc1. The summed E-state index contributed by atoms with van der Waals surface area (Å²) in [5.74, 6) is -0.492. The Kier molecular flexibility index (Phi) is 7.37. The van der Waals surface area contributed by atoms with Gasteiger partial charge in [0.2, 0.25) is 0 Å². The van der Waals surface area contributed by atoms with Crippen LogP contribution in [0.2, 0.25) is 0 Å². The van der Waals surface area contributed by atoms with Crippen LogP contribution in [0.15, 0.2) is 60.2 Å². The van der Waals surface area contributed by atoms with E-state index in [1.54, 1.807) is 22.7 Å². The van der Waals surface area contributed by atoms with E-state index in [4.69, 9.17) is 9.47 Å². The number of nitrogens with zero attached hydrogens (tertiary/aromatic N) is 2. The number of piperidine rings is 1. The molecule has 2 aliphatic heterocycles. The van der Waals surface area contributed by atoms with Gasteiger partial charge in [0.05, 0.1) is 28.6 Å². The zero-order valence-corrected chi connectivity index (χ0v) is 22.8. The molecule has 3 heterocycles. The van der Waals surface area contributed by atoms with Crippen LogP contribution in [0.4, 0.5) is 18.0 Å². The summed E-state index contributed by atoms with van der Waals surface area (Å²) in [6.07, 6.45) is -1.56. The maximum atomic E-state index is 13.4. The molecule has 1 aromatic heterocycles. The first-order valence-corrected chi connectivity index (χ1v) is 13.8. The van der Waals surface area contributed by atoms with Crippen LogP contribution in [0.25, 0.3) is 10.4 Å². The Hall–Kier alpha value is -3.11. The number of benzene rings is 2. The van der Waals surface area contributed by atoms with Gasteiger partial charge in [-0.3, -0.25) is 9.88 Å². The van der Waals surface area contributed by atoms with Crippen molar-refractivity contribution in [1.82, 2.24) is 9.88 Å². The fraction of sp³-hybridized carbons (Fsp3) is 0.448. The Balaban J connectivity index is 1.53. The highest BCUT2D eigenvalue weighted by molar-refractivity contribution is 7.13. The largest absolute Gasteiger partial charge is 0.573 e. The van der Waals surface area contributed by atoms with Gasteiger partial charge in [-0.15, -0.1) is 24.5 Å². The molecule has 2 aromatic carbocycles. The third-order valence-electron chi connectivity index (χ3n) is 7.11. The molecule has 0 aliphatic carbocycles. The van der Waals surface area contributed by atoms with Crippen LogP contribution in [0.3, 0.4) is 0 Å². The van der Waals surface area contributed by atoms with Crippen LogP contribution in [0, 0.1) is 0 Å². The predicted octanol–water partition coefficient (Wildman–Crippen LogP) is 7.72. The molecule has 39 heavy (non-hydrogen) atoms. The second-order valence-corrected chi connectivity index (χ2v) is 11.9. The molecule has 2 fully saturated rings. The topological polar surface area (TPSA) is 60.9 Å². The summed E-state index contributed by atoms with van der Waals surface area (Å²) in [6.45, 7) is 6.32. The van der Waals surface area contributed by atoms with Gasteiger partial charge in [-0.05, 0) is 74.9 Å². The smallest absolute Gasteiger partial charge is 0.444 e. The van der Waals surface area contributed by atoms with Crippen molar-refractivity contribution in [3.63, 3.8) is 0 Å². The van der Waals surface area contributed by atoms with E-state index >= 15 is 0 Å². The van der Waals surface area contributed by atoms with Gasteiger partial charge in [-0.2, -0.15) is 0 Å². The molecule has 0 unspecified atom stereocenters. The standard InChI is InChI=1S/C29H31F3N2O4S/c1-27(2,3)38-26(35)34-13-7-12-28(25(34)19-8-5-4-6-9-19)15-20(17-36-28)23-14-21(37-29(30,31)32)10-11-22(23)24-16-33-18-39-24/h4-6,8-11,14,16,18,20,25H,7,12-13,15,17H2,1-3H3/t20-,25+,28-/m1/s1.